The minimum absolute atomic E-state index is 0.306. The highest BCUT2D eigenvalue weighted by Crippen LogP contribution is 2.51. The van der Waals surface area contributed by atoms with Gasteiger partial charge in [0.15, 0.2) is 0 Å². The van der Waals surface area contributed by atoms with E-state index in [9.17, 15) is 13.2 Å². The van der Waals surface area contributed by atoms with Crippen LogP contribution in [0, 0.1) is 0 Å². The van der Waals surface area contributed by atoms with Crippen LogP contribution in [-0.2, 0) is 5.41 Å². The third kappa shape index (κ3) is 1.85. The monoisotopic (exact) mass is 316 g/mol. The SMILES string of the molecule is CC1=NN(C)CC12C=C(C(F)(F)F)c1c2ccc2ccccc12. The number of allylic oxidation sites excluding steroid dienone is 1. The molecule has 2 nitrogen and oxygen atoms in total. The van der Waals surface area contributed by atoms with Gasteiger partial charge in [0.25, 0.3) is 0 Å². The number of fused-ring (bicyclic) bond motifs is 4. The molecule has 1 unspecified atom stereocenters. The van der Waals surface area contributed by atoms with Crippen molar-refractivity contribution in [2.45, 2.75) is 18.5 Å². The van der Waals surface area contributed by atoms with Crippen molar-refractivity contribution >= 4 is 22.1 Å². The quantitative estimate of drug-likeness (QED) is 0.705. The first-order chi connectivity index (χ1) is 10.8. The summed E-state index contributed by atoms with van der Waals surface area (Å²) < 4.78 is 41.1. The lowest BCUT2D eigenvalue weighted by molar-refractivity contribution is -0.0687. The molecule has 1 heterocycles. The van der Waals surface area contributed by atoms with Crippen molar-refractivity contribution in [1.29, 1.82) is 0 Å². The first-order valence-electron chi connectivity index (χ1n) is 7.42. The number of nitrogens with zero attached hydrogens (tertiary/aromatic N) is 2. The van der Waals surface area contributed by atoms with Gasteiger partial charge in [0.1, 0.15) is 0 Å². The van der Waals surface area contributed by atoms with Crippen LogP contribution in [0.2, 0.25) is 0 Å². The first-order valence-corrected chi connectivity index (χ1v) is 7.42. The van der Waals surface area contributed by atoms with E-state index in [1.165, 1.54) is 6.08 Å². The second-order valence-corrected chi connectivity index (χ2v) is 6.24. The van der Waals surface area contributed by atoms with Crippen molar-refractivity contribution in [2.75, 3.05) is 13.6 Å². The van der Waals surface area contributed by atoms with Crippen molar-refractivity contribution in [3.63, 3.8) is 0 Å². The van der Waals surface area contributed by atoms with Crippen LogP contribution in [0.25, 0.3) is 16.3 Å². The average Bonchev–Trinajstić information content (AvgIpc) is 2.97. The molecule has 4 rings (SSSR count). The van der Waals surface area contributed by atoms with Gasteiger partial charge >= 0.3 is 6.18 Å². The molecule has 1 spiro atoms. The number of benzene rings is 2. The smallest absolute Gasteiger partial charge is 0.299 e. The Morgan fingerprint density at radius 2 is 1.87 bits per heavy atom. The Labute approximate surface area is 131 Å². The molecule has 5 heteroatoms. The van der Waals surface area contributed by atoms with E-state index in [4.69, 9.17) is 0 Å². The molecule has 1 aliphatic heterocycles. The van der Waals surface area contributed by atoms with Gasteiger partial charge in [-0.3, -0.25) is 5.01 Å². The van der Waals surface area contributed by atoms with E-state index in [1.54, 1.807) is 31.1 Å². The van der Waals surface area contributed by atoms with Gasteiger partial charge in [-0.25, -0.2) is 0 Å². The molecule has 0 saturated heterocycles. The third-order valence-electron chi connectivity index (χ3n) is 4.82. The predicted molar refractivity (Wildman–Crippen MR) is 85.4 cm³/mol. The van der Waals surface area contributed by atoms with Crippen LogP contribution in [0.4, 0.5) is 13.2 Å². The van der Waals surface area contributed by atoms with Crippen LogP contribution in [0.15, 0.2) is 47.6 Å². The highest BCUT2D eigenvalue weighted by Gasteiger charge is 2.51. The molecular weight excluding hydrogens is 301 g/mol. The van der Waals surface area contributed by atoms with Gasteiger partial charge in [-0.15, -0.1) is 0 Å². The zero-order valence-electron chi connectivity index (χ0n) is 12.8. The van der Waals surface area contributed by atoms with Gasteiger partial charge in [0.05, 0.1) is 23.2 Å². The van der Waals surface area contributed by atoms with E-state index >= 15 is 0 Å². The molecule has 2 aromatic carbocycles. The Kier molecular flexibility index (Phi) is 2.72. The van der Waals surface area contributed by atoms with Crippen LogP contribution in [0.3, 0.4) is 0 Å². The lowest BCUT2D eigenvalue weighted by Gasteiger charge is -2.24. The zero-order valence-corrected chi connectivity index (χ0v) is 12.8. The van der Waals surface area contributed by atoms with Gasteiger partial charge in [-0.05, 0) is 28.8 Å². The summed E-state index contributed by atoms with van der Waals surface area (Å²) in [4.78, 5) is 0. The lowest BCUT2D eigenvalue weighted by atomic mass is 9.78. The lowest BCUT2D eigenvalue weighted by Crippen LogP contribution is -2.33. The average molecular weight is 316 g/mol. The highest BCUT2D eigenvalue weighted by atomic mass is 19.4. The minimum Gasteiger partial charge on any atom is -0.299 e. The summed E-state index contributed by atoms with van der Waals surface area (Å²) in [7, 11) is 1.79. The molecule has 0 saturated carbocycles. The van der Waals surface area contributed by atoms with E-state index in [0.717, 1.165) is 5.39 Å². The van der Waals surface area contributed by atoms with E-state index in [1.807, 2.05) is 24.3 Å². The molecule has 0 aromatic heterocycles. The summed E-state index contributed by atoms with van der Waals surface area (Å²) in [6.45, 7) is 2.24. The molecule has 0 N–H and O–H groups in total. The Morgan fingerprint density at radius 3 is 2.52 bits per heavy atom. The second kappa shape index (κ2) is 4.37. The molecule has 23 heavy (non-hydrogen) atoms. The molecule has 0 amide bonds. The Balaban J connectivity index is 2.09. The number of hydrazone groups is 1. The molecular formula is C18H15F3N2. The van der Waals surface area contributed by atoms with Gasteiger partial charge in [-0.1, -0.05) is 42.5 Å². The number of rotatable bonds is 0. The van der Waals surface area contributed by atoms with Crippen molar-refractivity contribution < 1.29 is 13.2 Å². The maximum atomic E-state index is 13.7. The molecule has 1 aliphatic carbocycles. The maximum Gasteiger partial charge on any atom is 0.416 e. The van der Waals surface area contributed by atoms with Crippen molar-refractivity contribution in [1.82, 2.24) is 5.01 Å². The van der Waals surface area contributed by atoms with Crippen LogP contribution in [0.1, 0.15) is 18.1 Å². The van der Waals surface area contributed by atoms with E-state index in [0.29, 0.717) is 28.8 Å². The fourth-order valence-electron chi connectivity index (χ4n) is 3.84. The van der Waals surface area contributed by atoms with Crippen molar-refractivity contribution in [3.8, 4) is 0 Å². The normalized spacial score (nSPS) is 23.4. The fourth-order valence-corrected chi connectivity index (χ4v) is 3.84. The molecule has 2 aliphatic rings. The molecule has 0 radical (unpaired) electrons. The number of halogens is 3. The van der Waals surface area contributed by atoms with E-state index in [-0.39, 0.29) is 0 Å². The molecule has 1 atom stereocenters. The van der Waals surface area contributed by atoms with Gasteiger partial charge < -0.3 is 0 Å². The third-order valence-corrected chi connectivity index (χ3v) is 4.82. The zero-order chi connectivity index (χ0) is 16.4. The highest BCUT2D eigenvalue weighted by molar-refractivity contribution is 6.07. The number of alkyl halides is 3. The van der Waals surface area contributed by atoms with Crippen LogP contribution in [-0.4, -0.2) is 30.5 Å². The van der Waals surface area contributed by atoms with E-state index < -0.39 is 17.2 Å². The number of hydrogen-bond donors (Lipinski definition) is 0. The summed E-state index contributed by atoms with van der Waals surface area (Å²) >= 11 is 0. The van der Waals surface area contributed by atoms with Crippen LogP contribution >= 0.6 is 0 Å². The number of likely N-dealkylation sites (N-methyl/N-ethyl adjacent to an activating group) is 1. The topological polar surface area (TPSA) is 15.6 Å². The van der Waals surface area contributed by atoms with Crippen molar-refractivity contribution in [2.24, 2.45) is 5.10 Å². The molecule has 0 bridgehead atoms. The Bertz CT molecular complexity index is 879. The molecule has 118 valence electrons. The summed E-state index contributed by atoms with van der Waals surface area (Å²) in [5.74, 6) is 0. The predicted octanol–water partition coefficient (Wildman–Crippen LogP) is 4.36. The standard InChI is InChI=1S/C18H15F3N2/c1-11-17(10-23(2)22-11)9-15(18(19,20)21)16-13-6-4-3-5-12(13)7-8-14(16)17/h3-9H,10H2,1-2H3. The first kappa shape index (κ1) is 14.3. The Morgan fingerprint density at radius 1 is 1.13 bits per heavy atom. The second-order valence-electron chi connectivity index (χ2n) is 6.24. The fraction of sp³-hybridized carbons (Fsp3) is 0.278. The van der Waals surface area contributed by atoms with Crippen LogP contribution in [0.5, 0.6) is 0 Å². The minimum atomic E-state index is -4.39. The summed E-state index contributed by atoms with van der Waals surface area (Å²) in [5, 5.41) is 7.54. The largest absolute Gasteiger partial charge is 0.416 e. The summed E-state index contributed by atoms with van der Waals surface area (Å²) in [6.07, 6.45) is -3.02. The van der Waals surface area contributed by atoms with Crippen molar-refractivity contribution in [3.05, 3.63) is 53.6 Å². The number of hydrogen-bond acceptors (Lipinski definition) is 2. The molecule has 2 aromatic rings. The van der Waals surface area contributed by atoms with Gasteiger partial charge in [-0.2, -0.15) is 18.3 Å². The maximum absolute atomic E-state index is 13.7. The summed E-state index contributed by atoms with van der Waals surface area (Å²) in [6, 6.07) is 10.9. The van der Waals surface area contributed by atoms with Gasteiger partial charge in [0.2, 0.25) is 0 Å². The van der Waals surface area contributed by atoms with Gasteiger partial charge in [0, 0.05) is 7.05 Å². The Hall–Kier alpha value is -2.30. The molecule has 0 fully saturated rings. The van der Waals surface area contributed by atoms with E-state index in [2.05, 4.69) is 5.10 Å². The summed E-state index contributed by atoms with van der Waals surface area (Å²) in [5.41, 5.74) is 0.387. The van der Waals surface area contributed by atoms with Crippen LogP contribution < -0.4 is 0 Å².